The normalized spacial score (nSPS) is 17.5. The van der Waals surface area contributed by atoms with Gasteiger partial charge in [0.05, 0.1) is 10.4 Å². The summed E-state index contributed by atoms with van der Waals surface area (Å²) in [6.45, 7) is 2.63. The van der Waals surface area contributed by atoms with E-state index in [9.17, 15) is 0 Å². The number of nitrogens with zero attached hydrogens (tertiary/aromatic N) is 4. The van der Waals surface area contributed by atoms with Crippen molar-refractivity contribution >= 4 is 22.9 Å². The average molecular weight is 229 g/mol. The van der Waals surface area contributed by atoms with Crippen LogP contribution in [0.25, 0.3) is 10.4 Å². The number of likely N-dealkylation sites (tertiary alicyclic amines) is 1. The minimum Gasteiger partial charge on any atom is -0.297 e. The summed E-state index contributed by atoms with van der Waals surface area (Å²) in [7, 11) is 0. The van der Waals surface area contributed by atoms with Gasteiger partial charge in [-0.05, 0) is 17.7 Å². The molecular weight excluding hydrogens is 220 g/mol. The monoisotopic (exact) mass is 228 g/mol. The standard InChI is InChI=1S/C8H9ClN4S/c9-8-2-1-7(14-8)5-13-3-6(4-13)11-12-10/h1-2,6H,3-5H2. The summed E-state index contributed by atoms with van der Waals surface area (Å²) in [6, 6.07) is 4.11. The van der Waals surface area contributed by atoms with Crippen molar-refractivity contribution in [1.82, 2.24) is 4.90 Å². The Bertz CT molecular complexity index is 365. The van der Waals surface area contributed by atoms with Gasteiger partial charge in [0.1, 0.15) is 0 Å². The number of azide groups is 1. The highest BCUT2D eigenvalue weighted by Crippen LogP contribution is 2.24. The third kappa shape index (κ3) is 2.19. The van der Waals surface area contributed by atoms with Gasteiger partial charge >= 0.3 is 0 Å². The summed E-state index contributed by atoms with van der Waals surface area (Å²) >= 11 is 7.42. The van der Waals surface area contributed by atoms with Gasteiger partial charge in [-0.1, -0.05) is 16.7 Å². The lowest BCUT2D eigenvalue weighted by atomic mass is 10.1. The maximum Gasteiger partial charge on any atom is 0.0931 e. The van der Waals surface area contributed by atoms with E-state index < -0.39 is 0 Å². The van der Waals surface area contributed by atoms with E-state index in [1.165, 1.54) is 4.88 Å². The zero-order valence-corrected chi connectivity index (χ0v) is 9.00. The van der Waals surface area contributed by atoms with Crippen molar-refractivity contribution in [1.29, 1.82) is 0 Å². The predicted molar refractivity (Wildman–Crippen MR) is 57.5 cm³/mol. The van der Waals surface area contributed by atoms with Gasteiger partial charge in [-0.25, -0.2) is 0 Å². The lowest BCUT2D eigenvalue weighted by Crippen LogP contribution is -2.48. The second-order valence-electron chi connectivity index (χ2n) is 3.26. The van der Waals surface area contributed by atoms with E-state index >= 15 is 0 Å². The molecule has 4 nitrogen and oxygen atoms in total. The molecule has 6 heteroatoms. The van der Waals surface area contributed by atoms with Crippen molar-refractivity contribution in [3.63, 3.8) is 0 Å². The molecule has 1 saturated heterocycles. The summed E-state index contributed by atoms with van der Waals surface area (Å²) in [6.07, 6.45) is 0. The zero-order valence-electron chi connectivity index (χ0n) is 7.43. The van der Waals surface area contributed by atoms with Crippen molar-refractivity contribution in [3.8, 4) is 0 Å². The smallest absolute Gasteiger partial charge is 0.0931 e. The molecule has 0 unspecified atom stereocenters. The highest BCUT2D eigenvalue weighted by molar-refractivity contribution is 7.16. The van der Waals surface area contributed by atoms with Gasteiger partial charge in [0.2, 0.25) is 0 Å². The molecule has 0 bridgehead atoms. The van der Waals surface area contributed by atoms with Crippen molar-refractivity contribution in [3.05, 3.63) is 31.8 Å². The molecule has 0 aromatic carbocycles. The second-order valence-corrected chi connectivity index (χ2v) is 5.06. The molecule has 0 spiro atoms. The molecule has 0 N–H and O–H groups in total. The van der Waals surface area contributed by atoms with Crippen LogP contribution in [0.5, 0.6) is 0 Å². The van der Waals surface area contributed by atoms with Gasteiger partial charge in [-0.2, -0.15) is 0 Å². The third-order valence-electron chi connectivity index (χ3n) is 2.16. The maximum atomic E-state index is 8.21. The van der Waals surface area contributed by atoms with Crippen molar-refractivity contribution in [2.45, 2.75) is 12.6 Å². The minimum atomic E-state index is 0.162. The summed E-state index contributed by atoms with van der Waals surface area (Å²) < 4.78 is 0.826. The molecule has 0 radical (unpaired) electrons. The minimum absolute atomic E-state index is 0.162. The van der Waals surface area contributed by atoms with E-state index in [-0.39, 0.29) is 6.04 Å². The van der Waals surface area contributed by atoms with Crippen LogP contribution in [0.15, 0.2) is 17.2 Å². The molecule has 1 fully saturated rings. The Morgan fingerprint density at radius 2 is 2.43 bits per heavy atom. The molecule has 1 aliphatic heterocycles. The fourth-order valence-corrected chi connectivity index (χ4v) is 2.60. The van der Waals surface area contributed by atoms with Gasteiger partial charge < -0.3 is 0 Å². The van der Waals surface area contributed by atoms with Crippen molar-refractivity contribution < 1.29 is 0 Å². The quantitative estimate of drug-likeness (QED) is 0.446. The van der Waals surface area contributed by atoms with Crippen LogP contribution >= 0.6 is 22.9 Å². The first-order chi connectivity index (χ1) is 6.78. The van der Waals surface area contributed by atoms with Gasteiger partial charge in [0, 0.05) is 29.4 Å². The van der Waals surface area contributed by atoms with Crippen molar-refractivity contribution in [2.75, 3.05) is 13.1 Å². The van der Waals surface area contributed by atoms with Crippen LogP contribution in [-0.2, 0) is 6.54 Å². The Hall–Kier alpha value is -0.740. The molecule has 74 valence electrons. The molecule has 0 amide bonds. The molecule has 2 rings (SSSR count). The van der Waals surface area contributed by atoms with E-state index in [0.29, 0.717) is 0 Å². The second kappa shape index (κ2) is 4.19. The topological polar surface area (TPSA) is 52.0 Å². The average Bonchev–Trinajstić information content (AvgIpc) is 2.48. The Balaban J connectivity index is 1.82. The summed E-state index contributed by atoms with van der Waals surface area (Å²) in [5, 5.41) is 3.64. The molecule has 1 aromatic rings. The first-order valence-electron chi connectivity index (χ1n) is 4.28. The largest absolute Gasteiger partial charge is 0.297 e. The molecule has 0 saturated carbocycles. The zero-order chi connectivity index (χ0) is 9.97. The molecule has 0 atom stereocenters. The Morgan fingerprint density at radius 1 is 1.64 bits per heavy atom. The highest BCUT2D eigenvalue weighted by Gasteiger charge is 2.25. The van der Waals surface area contributed by atoms with E-state index in [1.807, 2.05) is 12.1 Å². The molecule has 14 heavy (non-hydrogen) atoms. The van der Waals surface area contributed by atoms with Crippen LogP contribution in [-0.4, -0.2) is 24.0 Å². The third-order valence-corrected chi connectivity index (χ3v) is 3.38. The van der Waals surface area contributed by atoms with Crippen LogP contribution in [0.4, 0.5) is 0 Å². The number of hydrogen-bond acceptors (Lipinski definition) is 3. The van der Waals surface area contributed by atoms with E-state index in [4.69, 9.17) is 17.1 Å². The summed E-state index contributed by atoms with van der Waals surface area (Å²) in [4.78, 5) is 6.28. The molecule has 1 aliphatic rings. The van der Waals surface area contributed by atoms with Gasteiger partial charge in [0.15, 0.2) is 0 Å². The lowest BCUT2D eigenvalue weighted by molar-refractivity contribution is 0.144. The highest BCUT2D eigenvalue weighted by atomic mass is 35.5. The van der Waals surface area contributed by atoms with Gasteiger partial charge in [-0.15, -0.1) is 11.3 Å². The summed E-state index contributed by atoms with van der Waals surface area (Å²) in [5.41, 5.74) is 8.21. The van der Waals surface area contributed by atoms with Crippen LogP contribution in [0.1, 0.15) is 4.88 Å². The molecule has 0 aliphatic carbocycles. The fraction of sp³-hybridized carbons (Fsp3) is 0.500. The van der Waals surface area contributed by atoms with Gasteiger partial charge in [-0.3, -0.25) is 4.90 Å². The number of thiophene rings is 1. The fourth-order valence-electron chi connectivity index (χ4n) is 1.47. The van der Waals surface area contributed by atoms with E-state index in [2.05, 4.69) is 14.9 Å². The van der Waals surface area contributed by atoms with E-state index in [0.717, 1.165) is 24.0 Å². The SMILES string of the molecule is [N-]=[N+]=NC1CN(Cc2ccc(Cl)s2)C1. The van der Waals surface area contributed by atoms with Crippen LogP contribution in [0.3, 0.4) is 0 Å². The number of halogens is 1. The molecule has 1 aromatic heterocycles. The van der Waals surface area contributed by atoms with Gasteiger partial charge in [0.25, 0.3) is 0 Å². The number of rotatable bonds is 3. The summed E-state index contributed by atoms with van der Waals surface area (Å²) in [5.74, 6) is 0. The first-order valence-corrected chi connectivity index (χ1v) is 5.48. The van der Waals surface area contributed by atoms with Crippen LogP contribution in [0, 0.1) is 0 Å². The molecular formula is C8H9ClN4S. The Morgan fingerprint density at radius 3 is 3.00 bits per heavy atom. The first kappa shape index (κ1) is 9.80. The van der Waals surface area contributed by atoms with Crippen molar-refractivity contribution in [2.24, 2.45) is 5.11 Å². The Kier molecular flexibility index (Phi) is 2.93. The van der Waals surface area contributed by atoms with E-state index in [1.54, 1.807) is 11.3 Å². The maximum absolute atomic E-state index is 8.21. The Labute approximate surface area is 90.7 Å². The predicted octanol–water partition coefficient (Wildman–Crippen LogP) is 2.90. The number of hydrogen-bond donors (Lipinski definition) is 0. The van der Waals surface area contributed by atoms with Crippen LogP contribution < -0.4 is 0 Å². The lowest BCUT2D eigenvalue weighted by Gasteiger charge is -2.36. The van der Waals surface area contributed by atoms with Crippen LogP contribution in [0.2, 0.25) is 4.34 Å². The molecule has 2 heterocycles.